The number of sulfonamides is 1. The first kappa shape index (κ1) is 40.6. The van der Waals surface area contributed by atoms with Crippen LogP contribution >= 0.6 is 0 Å². The Balaban J connectivity index is 1.71. The Hall–Kier alpha value is -4.83. The van der Waals surface area contributed by atoms with E-state index in [1.54, 1.807) is 55.4 Å². The maximum absolute atomic E-state index is 13.6. The van der Waals surface area contributed by atoms with Gasteiger partial charge in [-0.05, 0) is 70.2 Å². The lowest BCUT2D eigenvalue weighted by Gasteiger charge is -2.28. The van der Waals surface area contributed by atoms with Gasteiger partial charge >= 0.3 is 12.1 Å². The van der Waals surface area contributed by atoms with Gasteiger partial charge in [-0.15, -0.1) is 0 Å². The summed E-state index contributed by atoms with van der Waals surface area (Å²) in [7, 11) is -3.97. The van der Waals surface area contributed by atoms with Gasteiger partial charge in [0.1, 0.15) is 12.4 Å². The van der Waals surface area contributed by atoms with Gasteiger partial charge in [-0.3, -0.25) is 19.2 Å². The number of amides is 4. The monoisotopic (exact) mass is 730 g/mol. The number of ether oxygens (including phenoxy) is 3. The molecule has 16 heteroatoms. The molecule has 0 radical (unpaired) electrons. The molecule has 51 heavy (non-hydrogen) atoms. The minimum Gasteiger partial charge on any atom is -0.489 e. The molecular weight excluding hydrogens is 684 g/mol. The number of carbonyl (C=O) groups is 6. The molecule has 2 aromatic carbocycles. The fourth-order valence-corrected chi connectivity index (χ4v) is 5.51. The van der Waals surface area contributed by atoms with Crippen LogP contribution < -0.4 is 20.1 Å². The number of rotatable bonds is 13. The van der Waals surface area contributed by atoms with Crippen molar-refractivity contribution < 1.29 is 51.4 Å². The minimum atomic E-state index is -3.97. The van der Waals surface area contributed by atoms with Crippen molar-refractivity contribution >= 4 is 57.0 Å². The van der Waals surface area contributed by atoms with E-state index in [-0.39, 0.29) is 41.0 Å². The number of nitrogens with zero attached hydrogens (tertiary/aromatic N) is 1. The number of esters is 1. The average molecular weight is 731 g/mol. The van der Waals surface area contributed by atoms with Crippen molar-refractivity contribution in [2.24, 2.45) is 10.8 Å². The lowest BCUT2D eigenvalue weighted by molar-refractivity contribution is -0.145. The van der Waals surface area contributed by atoms with Crippen LogP contribution in [-0.4, -0.2) is 79.8 Å². The van der Waals surface area contributed by atoms with Gasteiger partial charge in [0, 0.05) is 23.1 Å². The van der Waals surface area contributed by atoms with Crippen molar-refractivity contribution in [3.05, 3.63) is 48.0 Å². The summed E-state index contributed by atoms with van der Waals surface area (Å²) < 4.78 is 44.0. The van der Waals surface area contributed by atoms with Crippen LogP contribution in [0.25, 0.3) is 0 Å². The molecule has 0 aromatic heterocycles. The Morgan fingerprint density at radius 2 is 1.51 bits per heavy atom. The number of benzene rings is 2. The number of anilines is 2. The highest BCUT2D eigenvalue weighted by Gasteiger charge is 2.55. The van der Waals surface area contributed by atoms with Crippen LogP contribution in [0.3, 0.4) is 0 Å². The molecule has 0 aliphatic carbocycles. The first-order chi connectivity index (χ1) is 23.3. The molecule has 1 saturated heterocycles. The molecule has 1 aliphatic rings. The van der Waals surface area contributed by atoms with Crippen LogP contribution in [0.2, 0.25) is 0 Å². The Morgan fingerprint density at radius 3 is 2.02 bits per heavy atom. The summed E-state index contributed by atoms with van der Waals surface area (Å²) >= 11 is 0. The Bertz CT molecular complexity index is 1810. The molecule has 2 aromatic rings. The second-order valence-electron chi connectivity index (χ2n) is 14.7. The van der Waals surface area contributed by atoms with Gasteiger partial charge in [0.25, 0.3) is 11.8 Å². The van der Waals surface area contributed by atoms with Crippen LogP contribution in [0.4, 0.5) is 16.2 Å². The predicted molar refractivity (Wildman–Crippen MR) is 186 cm³/mol. The summed E-state index contributed by atoms with van der Waals surface area (Å²) in [6.45, 7) is 15.4. The lowest BCUT2D eigenvalue weighted by Crippen LogP contribution is -2.55. The van der Waals surface area contributed by atoms with Crippen molar-refractivity contribution in [1.82, 2.24) is 9.62 Å². The van der Waals surface area contributed by atoms with E-state index < -0.39 is 68.3 Å². The average Bonchev–Trinajstić information content (AvgIpc) is 3.20. The third kappa shape index (κ3) is 10.1. The highest BCUT2D eigenvalue weighted by Crippen LogP contribution is 2.32. The molecule has 1 atom stereocenters. The van der Waals surface area contributed by atoms with E-state index in [2.05, 4.69) is 15.4 Å². The van der Waals surface area contributed by atoms with Crippen LogP contribution in [0.1, 0.15) is 79.6 Å². The highest BCUT2D eigenvalue weighted by atomic mass is 32.2. The highest BCUT2D eigenvalue weighted by molar-refractivity contribution is 7.89. The molecular formula is C35H46N4O11S. The number of hydrogen-bond donors (Lipinski definition) is 3. The van der Waals surface area contributed by atoms with Crippen molar-refractivity contribution in [2.45, 2.75) is 91.9 Å². The number of Topliss-reactive ketones (excluding diaryl/α,β-unsaturated/α-hetero) is 1. The van der Waals surface area contributed by atoms with E-state index >= 15 is 0 Å². The van der Waals surface area contributed by atoms with E-state index in [4.69, 9.17) is 14.2 Å². The zero-order chi connectivity index (χ0) is 38.7. The van der Waals surface area contributed by atoms with Gasteiger partial charge in [0.15, 0.2) is 17.4 Å². The van der Waals surface area contributed by atoms with Crippen molar-refractivity contribution in [1.29, 1.82) is 0 Å². The standard InChI is InChI=1S/C35H46N4O11S/c1-20(2)49-25-19-21(29(42)48-18-17-36-51(46,47)23-14-12-22(13-15-23)37-30(43)34(6,7)8)11-16-24(25)38-28(41)26(27(40)33(3,4)5)39-31(44)35(9,10)50-32(39)45/h11-16,19-20,26,36H,17-18H2,1-10H3,(H,37,43)(H,38,41). The van der Waals surface area contributed by atoms with Gasteiger partial charge in [0.05, 0.1) is 22.3 Å². The molecule has 278 valence electrons. The fraction of sp³-hybridized carbons (Fsp3) is 0.486. The Labute approximate surface area is 297 Å². The molecule has 1 heterocycles. The molecule has 0 saturated carbocycles. The zero-order valence-electron chi connectivity index (χ0n) is 30.5. The summed E-state index contributed by atoms with van der Waals surface area (Å²) in [5, 5.41) is 5.26. The summed E-state index contributed by atoms with van der Waals surface area (Å²) in [6, 6.07) is 7.66. The van der Waals surface area contributed by atoms with Crippen LogP contribution in [0.5, 0.6) is 5.75 Å². The third-order valence-electron chi connectivity index (χ3n) is 7.34. The smallest absolute Gasteiger partial charge is 0.418 e. The summed E-state index contributed by atoms with van der Waals surface area (Å²) in [4.78, 5) is 78.3. The number of nitrogens with one attached hydrogen (secondary N) is 3. The summed E-state index contributed by atoms with van der Waals surface area (Å²) in [5.41, 5.74) is -2.88. The quantitative estimate of drug-likeness (QED) is 0.151. The van der Waals surface area contributed by atoms with Crippen LogP contribution in [0.15, 0.2) is 47.4 Å². The van der Waals surface area contributed by atoms with Crippen LogP contribution in [-0.2, 0) is 38.7 Å². The van der Waals surface area contributed by atoms with Gasteiger partial charge < -0.3 is 24.8 Å². The zero-order valence-corrected chi connectivity index (χ0v) is 31.3. The number of ketones is 1. The molecule has 3 N–H and O–H groups in total. The van der Waals surface area contributed by atoms with Crippen molar-refractivity contribution in [2.75, 3.05) is 23.8 Å². The van der Waals surface area contributed by atoms with E-state index in [9.17, 15) is 37.2 Å². The first-order valence-electron chi connectivity index (χ1n) is 16.2. The topological polar surface area (TPSA) is 204 Å². The fourth-order valence-electron chi connectivity index (χ4n) is 4.50. The maximum atomic E-state index is 13.6. The molecule has 0 spiro atoms. The molecule has 0 bridgehead atoms. The Morgan fingerprint density at radius 1 is 0.902 bits per heavy atom. The number of imide groups is 1. The molecule has 1 fully saturated rings. The molecule has 1 unspecified atom stereocenters. The first-order valence-corrected chi connectivity index (χ1v) is 17.6. The number of carbonyl (C=O) groups excluding carboxylic acids is 6. The van der Waals surface area contributed by atoms with Crippen molar-refractivity contribution in [3.63, 3.8) is 0 Å². The second-order valence-corrected chi connectivity index (χ2v) is 16.5. The molecule has 3 rings (SSSR count). The third-order valence-corrected chi connectivity index (χ3v) is 8.81. The van der Waals surface area contributed by atoms with E-state index in [0.29, 0.717) is 10.6 Å². The largest absolute Gasteiger partial charge is 0.489 e. The van der Waals surface area contributed by atoms with E-state index in [1.165, 1.54) is 56.3 Å². The minimum absolute atomic E-state index is 0.00163. The number of cyclic esters (lactones) is 1. The van der Waals surface area contributed by atoms with Gasteiger partial charge in [-0.2, -0.15) is 0 Å². The van der Waals surface area contributed by atoms with Gasteiger partial charge in [-0.1, -0.05) is 41.5 Å². The SMILES string of the molecule is CC(C)Oc1cc(C(=O)OCCNS(=O)(=O)c2ccc(NC(=O)C(C)(C)C)cc2)ccc1NC(=O)C(C(=O)C(C)(C)C)N1C(=O)OC(C)(C)C1=O. The van der Waals surface area contributed by atoms with Crippen LogP contribution in [0, 0.1) is 10.8 Å². The predicted octanol–water partition coefficient (Wildman–Crippen LogP) is 4.27. The summed E-state index contributed by atoms with van der Waals surface area (Å²) in [5.74, 6) is -3.61. The number of hydrogen-bond acceptors (Lipinski definition) is 11. The molecule has 1 aliphatic heterocycles. The Kier molecular flexibility index (Phi) is 12.1. The second kappa shape index (κ2) is 15.2. The molecule has 15 nitrogen and oxygen atoms in total. The lowest BCUT2D eigenvalue weighted by atomic mass is 9.85. The van der Waals surface area contributed by atoms with Gasteiger partial charge in [0.2, 0.25) is 15.9 Å². The molecule has 4 amide bonds. The normalized spacial score (nSPS) is 15.2. The van der Waals surface area contributed by atoms with Crippen molar-refractivity contribution in [3.8, 4) is 5.75 Å². The van der Waals surface area contributed by atoms with Gasteiger partial charge in [-0.25, -0.2) is 27.6 Å². The van der Waals surface area contributed by atoms with E-state index in [0.717, 1.165) is 0 Å². The van der Waals surface area contributed by atoms with E-state index in [1.807, 2.05) is 0 Å². The maximum Gasteiger partial charge on any atom is 0.418 e. The summed E-state index contributed by atoms with van der Waals surface area (Å²) in [6.07, 6.45) is -1.57.